The van der Waals surface area contributed by atoms with Crippen LogP contribution in [0.5, 0.6) is 0 Å². The average molecular weight is 1330 g/mol. The molecule has 0 aliphatic heterocycles. The Morgan fingerprint density at radius 3 is 0.744 bits per heavy atom. The van der Waals surface area contributed by atoms with Gasteiger partial charge in [-0.15, -0.1) is 0 Å². The molecule has 0 heterocycles. The van der Waals surface area contributed by atoms with Crippen molar-refractivity contribution in [1.29, 1.82) is 0 Å². The topological polar surface area (TPSA) is 148 Å². The fourth-order valence-corrected chi connectivity index (χ4v) is 14.4. The number of hydrogen-bond donors (Lipinski definition) is 0. The van der Waals surface area contributed by atoms with Crippen LogP contribution in [0.3, 0.4) is 0 Å². The first kappa shape index (κ1) is 81.5. The molecule has 6 atom stereocenters. The van der Waals surface area contributed by atoms with E-state index < -0.39 is 22.8 Å². The molecule has 0 aliphatic rings. The van der Waals surface area contributed by atoms with Crippen LogP contribution in [-0.2, 0) is 46.5 Å². The van der Waals surface area contributed by atoms with E-state index in [9.17, 15) is 28.4 Å². The molecular formula is C69H120NdO9P3. The summed E-state index contributed by atoms with van der Waals surface area (Å²) in [5.74, 6) is 0.965. The molecule has 3 rings (SSSR count). The van der Waals surface area contributed by atoms with Gasteiger partial charge in [0.05, 0.1) is 19.8 Å². The van der Waals surface area contributed by atoms with Gasteiger partial charge >= 0.3 is 40.8 Å². The van der Waals surface area contributed by atoms with Gasteiger partial charge in [-0.2, -0.15) is 0 Å². The Morgan fingerprint density at radius 1 is 0.317 bits per heavy atom. The quantitative estimate of drug-likeness (QED) is 0.0398. The molecule has 0 N–H and O–H groups in total. The maximum Gasteiger partial charge on any atom is 3.00 e. The molecular weight excluding hydrogens is 1210 g/mol. The molecule has 469 valence electrons. The first-order chi connectivity index (χ1) is 39.1. The Labute approximate surface area is 537 Å². The Kier molecular flexibility index (Phi) is 52.1. The van der Waals surface area contributed by atoms with Gasteiger partial charge in [0.25, 0.3) is 0 Å². The van der Waals surface area contributed by atoms with Crippen LogP contribution in [-0.4, -0.2) is 19.8 Å². The minimum absolute atomic E-state index is 0. The molecule has 82 heavy (non-hydrogen) atoms. The molecule has 0 spiro atoms. The van der Waals surface area contributed by atoms with Gasteiger partial charge in [-0.05, 0) is 92.2 Å². The molecule has 0 bridgehead atoms. The summed E-state index contributed by atoms with van der Waals surface area (Å²) < 4.78 is 54.7. The van der Waals surface area contributed by atoms with Crippen LogP contribution >= 0.6 is 22.8 Å². The number of benzene rings is 3. The van der Waals surface area contributed by atoms with Gasteiger partial charge < -0.3 is 41.9 Å². The fraction of sp³-hybridized carbons (Fsp3) is 0.739. The number of aryl methyl sites for hydroxylation is 3. The zero-order valence-corrected chi connectivity index (χ0v) is 59.6. The van der Waals surface area contributed by atoms with Crippen LogP contribution in [0.1, 0.15) is 291 Å². The molecule has 3 aromatic rings. The molecule has 0 saturated heterocycles. The minimum Gasteiger partial charge on any atom is -0.775 e. The van der Waals surface area contributed by atoms with Crippen LogP contribution in [0.25, 0.3) is 0 Å². The van der Waals surface area contributed by atoms with Crippen molar-refractivity contribution in [1.82, 2.24) is 0 Å². The van der Waals surface area contributed by atoms with E-state index in [1.54, 1.807) is 36.4 Å². The third kappa shape index (κ3) is 38.0. The normalized spacial score (nSPS) is 14.6. The maximum absolute atomic E-state index is 12.8. The fourth-order valence-electron chi connectivity index (χ4n) is 10.3. The van der Waals surface area contributed by atoms with Crippen molar-refractivity contribution in [2.45, 2.75) is 293 Å². The minimum atomic E-state index is -4.00. The van der Waals surface area contributed by atoms with Gasteiger partial charge in [0.15, 0.2) is 22.8 Å². The summed E-state index contributed by atoms with van der Waals surface area (Å²) in [5.41, 5.74) is 2.72. The van der Waals surface area contributed by atoms with Crippen molar-refractivity contribution in [3.05, 3.63) is 89.5 Å². The molecule has 3 aromatic carbocycles. The van der Waals surface area contributed by atoms with Crippen LogP contribution < -0.4 is 30.6 Å². The van der Waals surface area contributed by atoms with Gasteiger partial charge in [-0.3, -0.25) is 0 Å². The molecule has 0 saturated carbocycles. The second-order valence-electron chi connectivity index (χ2n) is 23.1. The third-order valence-electron chi connectivity index (χ3n) is 16.1. The molecule has 1 radical (unpaired) electrons. The van der Waals surface area contributed by atoms with Crippen molar-refractivity contribution in [2.24, 2.45) is 17.8 Å². The Hall–Kier alpha value is -0.539. The molecule has 9 nitrogen and oxygen atoms in total. The summed E-state index contributed by atoms with van der Waals surface area (Å²) in [6.07, 6.45) is 41.1. The van der Waals surface area contributed by atoms with Crippen LogP contribution in [0.4, 0.5) is 0 Å². The predicted molar refractivity (Wildman–Crippen MR) is 344 cm³/mol. The molecule has 0 fully saturated rings. The van der Waals surface area contributed by atoms with Crippen molar-refractivity contribution >= 4 is 38.7 Å². The summed E-state index contributed by atoms with van der Waals surface area (Å²) in [4.78, 5) is 38.3. The maximum atomic E-state index is 12.8. The Bertz CT molecular complexity index is 1870. The smallest absolute Gasteiger partial charge is 0.775 e. The monoisotopic (exact) mass is 1330 g/mol. The molecule has 6 unspecified atom stereocenters. The zero-order valence-electron chi connectivity index (χ0n) is 53.8. The van der Waals surface area contributed by atoms with Crippen LogP contribution in [0.15, 0.2) is 72.8 Å². The van der Waals surface area contributed by atoms with Gasteiger partial charge in [0.2, 0.25) is 0 Å². The van der Waals surface area contributed by atoms with Gasteiger partial charge in [-0.1, -0.05) is 308 Å². The SMILES string of the molecule is CCCCCCCCCc1ccccc1P(=O)([O-])OCC(CC)CCCC.CCCCCCCCCc1ccccc1P(=O)([O-])OCC(CC)CCCC.CCCCCCCCCc1ccccc1P(=O)([O-])OCC(CC)CCCC.[Nd+3]. The first-order valence-electron chi connectivity index (χ1n) is 33.3. The van der Waals surface area contributed by atoms with E-state index >= 15 is 0 Å². The largest absolute Gasteiger partial charge is 3.00 e. The second-order valence-corrected chi connectivity index (χ2v) is 28.3. The van der Waals surface area contributed by atoms with E-state index in [1.807, 2.05) is 36.4 Å². The molecule has 0 amide bonds. The van der Waals surface area contributed by atoms with Crippen molar-refractivity contribution in [3.63, 3.8) is 0 Å². The van der Waals surface area contributed by atoms with E-state index in [4.69, 9.17) is 13.6 Å². The van der Waals surface area contributed by atoms with Crippen molar-refractivity contribution in [2.75, 3.05) is 19.8 Å². The number of hydrogen-bond acceptors (Lipinski definition) is 9. The van der Waals surface area contributed by atoms with Crippen molar-refractivity contribution in [3.8, 4) is 0 Å². The third-order valence-corrected chi connectivity index (χ3v) is 20.6. The van der Waals surface area contributed by atoms with Crippen LogP contribution in [0.2, 0.25) is 0 Å². The van der Waals surface area contributed by atoms with Gasteiger partial charge in [0, 0.05) is 15.9 Å². The van der Waals surface area contributed by atoms with E-state index in [0.29, 0.717) is 53.5 Å². The molecule has 0 aliphatic carbocycles. The van der Waals surface area contributed by atoms with E-state index in [2.05, 4.69) is 62.3 Å². The zero-order chi connectivity index (χ0) is 59.9. The van der Waals surface area contributed by atoms with E-state index in [-0.39, 0.29) is 40.8 Å². The number of unbranched alkanes of at least 4 members (excludes halogenated alkanes) is 21. The Morgan fingerprint density at radius 2 is 0.524 bits per heavy atom. The Balaban J connectivity index is 0.00000119. The van der Waals surface area contributed by atoms with E-state index in [0.717, 1.165) is 152 Å². The van der Waals surface area contributed by atoms with E-state index in [1.165, 1.54) is 96.3 Å². The van der Waals surface area contributed by atoms with Gasteiger partial charge in [0.1, 0.15) is 0 Å². The second kappa shape index (κ2) is 52.4. The molecule has 0 aromatic heterocycles. The summed E-state index contributed by atoms with van der Waals surface area (Å²) >= 11 is 0. The summed E-state index contributed by atoms with van der Waals surface area (Å²) in [6, 6.07) is 22.1. The van der Waals surface area contributed by atoms with Gasteiger partial charge in [-0.25, -0.2) is 0 Å². The standard InChI is InChI=1S/3C23H41O3P.Nd/c3*1-4-7-9-10-11-12-13-17-22-18-14-15-19-23(22)27(24,25)26-20-21(6-3)16-8-5-2;/h3*14-15,18-19,21H,4-13,16-17,20H2,1-3H3,(H,24,25);/q;;;+3/p-3. The molecule has 13 heteroatoms. The first-order valence-corrected chi connectivity index (χ1v) is 37.9. The number of rotatable bonds is 48. The summed E-state index contributed by atoms with van der Waals surface area (Å²) in [5, 5.41) is 1.17. The summed E-state index contributed by atoms with van der Waals surface area (Å²) in [7, 11) is -12.0. The van der Waals surface area contributed by atoms with Crippen LogP contribution in [0, 0.1) is 58.6 Å². The predicted octanol–water partition coefficient (Wildman–Crippen LogP) is 19.2. The summed E-state index contributed by atoms with van der Waals surface area (Å²) in [6.45, 7) is 20.4. The average Bonchev–Trinajstić information content (AvgIpc) is 3.62. The van der Waals surface area contributed by atoms with Crippen molar-refractivity contribution < 1.29 is 82.8 Å².